The molecule has 0 aliphatic heterocycles. The fourth-order valence-electron chi connectivity index (χ4n) is 2.70. The van der Waals surface area contributed by atoms with Crippen LogP contribution in [0.1, 0.15) is 50.7 Å². The number of benzene rings is 2. The number of sulfonamides is 2. The smallest absolute Gasteiger partial charge is 0.206 e. The van der Waals surface area contributed by atoms with Gasteiger partial charge in [-0.2, -0.15) is 0 Å². The molecule has 0 heterocycles. The standard InChI is InChI=1S/C22H32N2O4S4/c1-5-7-17-23(31(25,26)21-13-9-19(3)10-14-21)29-30-24(18-8-6-2)32(27,28)22-15-11-20(4)12-16-22/h9-16H,5-8,17-18H2,1-4H3. The van der Waals surface area contributed by atoms with Gasteiger partial charge in [0.15, 0.2) is 0 Å². The molecule has 0 aliphatic carbocycles. The van der Waals surface area contributed by atoms with Gasteiger partial charge in [0, 0.05) is 35.0 Å². The van der Waals surface area contributed by atoms with Gasteiger partial charge in [0.2, 0.25) is 0 Å². The van der Waals surface area contributed by atoms with Gasteiger partial charge in [-0.15, -0.1) is 7.42 Å². The molecule has 0 bridgehead atoms. The zero-order valence-electron chi connectivity index (χ0n) is 19.0. The van der Waals surface area contributed by atoms with Gasteiger partial charge in [0.25, 0.3) is 20.0 Å². The Bertz CT molecular complexity index is 967. The lowest BCUT2D eigenvalue weighted by molar-refractivity contribution is 0.529. The van der Waals surface area contributed by atoms with Crippen LogP contribution in [-0.2, 0) is 20.0 Å². The second-order valence-electron chi connectivity index (χ2n) is 7.55. The van der Waals surface area contributed by atoms with Gasteiger partial charge >= 0.3 is 0 Å². The second-order valence-corrected chi connectivity index (χ2v) is 13.8. The van der Waals surface area contributed by atoms with Gasteiger partial charge in [-0.3, -0.25) is 0 Å². The van der Waals surface area contributed by atoms with E-state index in [-0.39, 0.29) is 9.79 Å². The Morgan fingerprint density at radius 3 is 1.22 bits per heavy atom. The summed E-state index contributed by atoms with van der Waals surface area (Å²) < 4.78 is 55.6. The number of aryl methyl sites for hydroxylation is 2. The molecule has 0 aromatic heterocycles. The Labute approximate surface area is 201 Å². The zero-order chi connectivity index (χ0) is 23.8. The Kier molecular flexibility index (Phi) is 10.6. The van der Waals surface area contributed by atoms with Crippen LogP contribution in [0.5, 0.6) is 0 Å². The molecule has 32 heavy (non-hydrogen) atoms. The van der Waals surface area contributed by atoms with Crippen molar-refractivity contribution in [3.8, 4) is 0 Å². The van der Waals surface area contributed by atoms with Crippen LogP contribution in [0.3, 0.4) is 0 Å². The van der Waals surface area contributed by atoms with E-state index in [0.717, 1.165) is 45.9 Å². The third-order valence-electron chi connectivity index (χ3n) is 4.76. The van der Waals surface area contributed by atoms with Crippen LogP contribution < -0.4 is 0 Å². The second kappa shape index (κ2) is 12.4. The Morgan fingerprint density at radius 1 is 0.625 bits per heavy atom. The summed E-state index contributed by atoms with van der Waals surface area (Å²) in [5.41, 5.74) is 1.95. The number of hydrogen-bond donors (Lipinski definition) is 0. The molecule has 0 N–H and O–H groups in total. The number of hydrogen-bond acceptors (Lipinski definition) is 6. The van der Waals surface area contributed by atoms with Gasteiger partial charge in [0.05, 0.1) is 9.79 Å². The largest absolute Gasteiger partial charge is 0.253 e. The third-order valence-corrected chi connectivity index (χ3v) is 12.2. The van der Waals surface area contributed by atoms with Crippen LogP contribution in [0, 0.1) is 13.8 Å². The first-order chi connectivity index (χ1) is 15.1. The lowest BCUT2D eigenvalue weighted by atomic mass is 10.2. The van der Waals surface area contributed by atoms with E-state index in [2.05, 4.69) is 0 Å². The van der Waals surface area contributed by atoms with E-state index in [4.69, 9.17) is 0 Å². The molecule has 0 atom stereocenters. The summed E-state index contributed by atoms with van der Waals surface area (Å²) in [5, 5.41) is 0. The van der Waals surface area contributed by atoms with Crippen molar-refractivity contribution < 1.29 is 16.8 Å². The molecule has 2 rings (SSSR count). The fourth-order valence-corrected chi connectivity index (χ4v) is 9.41. The molecule has 0 saturated heterocycles. The summed E-state index contributed by atoms with van der Waals surface area (Å²) in [6.45, 7) is 8.38. The van der Waals surface area contributed by atoms with E-state index >= 15 is 0 Å². The molecule has 178 valence electrons. The first kappa shape index (κ1) is 27.2. The van der Waals surface area contributed by atoms with Crippen LogP contribution >= 0.6 is 22.0 Å². The van der Waals surface area contributed by atoms with E-state index in [1.807, 2.05) is 27.7 Å². The van der Waals surface area contributed by atoms with Crippen molar-refractivity contribution >= 4 is 42.0 Å². The number of unbranched alkanes of at least 4 members (excludes halogenated alkanes) is 2. The van der Waals surface area contributed by atoms with E-state index in [1.54, 1.807) is 48.5 Å². The minimum absolute atomic E-state index is 0.203. The predicted octanol–water partition coefficient (Wildman–Crippen LogP) is 5.80. The van der Waals surface area contributed by atoms with E-state index < -0.39 is 20.0 Å². The zero-order valence-corrected chi connectivity index (χ0v) is 22.3. The fraction of sp³-hybridized carbons (Fsp3) is 0.455. The predicted molar refractivity (Wildman–Crippen MR) is 135 cm³/mol. The molecule has 0 unspecified atom stereocenters. The monoisotopic (exact) mass is 516 g/mol. The molecule has 0 radical (unpaired) electrons. The quantitative estimate of drug-likeness (QED) is 0.248. The molecule has 0 aliphatic rings. The average Bonchev–Trinajstić information content (AvgIpc) is 2.76. The van der Waals surface area contributed by atoms with E-state index in [0.29, 0.717) is 25.9 Å². The van der Waals surface area contributed by atoms with Gasteiger partial charge in [-0.25, -0.2) is 16.8 Å². The molecule has 0 spiro atoms. The number of rotatable bonds is 13. The molecule has 6 nitrogen and oxygen atoms in total. The molecule has 2 aromatic rings. The first-order valence-electron chi connectivity index (χ1n) is 10.7. The third kappa shape index (κ3) is 7.23. The molecule has 2 aromatic carbocycles. The van der Waals surface area contributed by atoms with Crippen LogP contribution in [0.15, 0.2) is 58.3 Å². The molecular weight excluding hydrogens is 485 g/mol. The maximum atomic E-state index is 13.3. The van der Waals surface area contributed by atoms with Crippen LogP contribution in [0.4, 0.5) is 0 Å². The molecule has 10 heteroatoms. The van der Waals surface area contributed by atoms with Crippen molar-refractivity contribution in [1.29, 1.82) is 0 Å². The van der Waals surface area contributed by atoms with Crippen molar-refractivity contribution in [3.05, 3.63) is 59.7 Å². The highest BCUT2D eigenvalue weighted by atomic mass is 33.1. The van der Waals surface area contributed by atoms with Crippen molar-refractivity contribution in [2.75, 3.05) is 13.1 Å². The summed E-state index contributed by atoms with van der Waals surface area (Å²) in [6.07, 6.45) is 3.01. The highest BCUT2D eigenvalue weighted by Gasteiger charge is 2.30. The maximum Gasteiger partial charge on any atom is 0.253 e. The summed E-state index contributed by atoms with van der Waals surface area (Å²) in [5.74, 6) is 0. The number of nitrogens with zero attached hydrogens (tertiary/aromatic N) is 2. The minimum atomic E-state index is -3.77. The lowest BCUT2D eigenvalue weighted by Crippen LogP contribution is -2.29. The molecule has 0 saturated carbocycles. The normalized spacial score (nSPS) is 12.6. The average molecular weight is 517 g/mol. The first-order valence-corrected chi connectivity index (χ1v) is 15.6. The molecular formula is C22H32N2O4S4. The van der Waals surface area contributed by atoms with E-state index in [1.165, 1.54) is 7.42 Å². The van der Waals surface area contributed by atoms with E-state index in [9.17, 15) is 16.8 Å². The summed E-state index contributed by atoms with van der Waals surface area (Å²) in [6, 6.07) is 13.4. The topological polar surface area (TPSA) is 74.8 Å². The van der Waals surface area contributed by atoms with Gasteiger partial charge in [0.1, 0.15) is 0 Å². The maximum absolute atomic E-state index is 13.3. The summed E-state index contributed by atoms with van der Waals surface area (Å²) in [4.78, 5) is 0.405. The van der Waals surface area contributed by atoms with Gasteiger partial charge in [-0.05, 0) is 51.0 Å². The molecule has 0 amide bonds. The Morgan fingerprint density at radius 2 is 0.938 bits per heavy atom. The van der Waals surface area contributed by atoms with Crippen molar-refractivity contribution in [1.82, 2.24) is 7.42 Å². The van der Waals surface area contributed by atoms with Crippen LogP contribution in [0.2, 0.25) is 0 Å². The highest BCUT2D eigenvalue weighted by molar-refractivity contribution is 8.76. The van der Waals surface area contributed by atoms with Gasteiger partial charge in [-0.1, -0.05) is 62.1 Å². The Balaban J connectivity index is 2.29. The minimum Gasteiger partial charge on any atom is -0.206 e. The van der Waals surface area contributed by atoms with Crippen LogP contribution in [0.25, 0.3) is 0 Å². The van der Waals surface area contributed by atoms with Crippen molar-refractivity contribution in [2.24, 2.45) is 0 Å². The SMILES string of the molecule is CCCCN(SSN(CCCC)S(=O)(=O)c1ccc(C)cc1)S(=O)(=O)c1ccc(C)cc1. The van der Waals surface area contributed by atoms with Gasteiger partial charge < -0.3 is 0 Å². The highest BCUT2D eigenvalue weighted by Crippen LogP contribution is 2.38. The summed E-state index contributed by atoms with van der Waals surface area (Å²) in [7, 11) is -5.62. The van der Waals surface area contributed by atoms with Crippen molar-refractivity contribution in [3.63, 3.8) is 0 Å². The van der Waals surface area contributed by atoms with Crippen molar-refractivity contribution in [2.45, 2.75) is 63.2 Å². The van der Waals surface area contributed by atoms with Crippen LogP contribution in [-0.4, -0.2) is 37.3 Å². The summed E-state index contributed by atoms with van der Waals surface area (Å²) >= 11 is 0. The Hall–Kier alpha value is -1.04. The lowest BCUT2D eigenvalue weighted by Gasteiger charge is -2.25. The molecule has 0 fully saturated rings.